The van der Waals surface area contributed by atoms with Crippen molar-refractivity contribution in [1.82, 2.24) is 16.3 Å². The van der Waals surface area contributed by atoms with E-state index in [1.54, 1.807) is 0 Å². The highest BCUT2D eigenvalue weighted by Gasteiger charge is 2.29. The van der Waals surface area contributed by atoms with Gasteiger partial charge in [-0.05, 0) is 30.5 Å². The molecule has 27 heavy (non-hydrogen) atoms. The van der Waals surface area contributed by atoms with Crippen LogP contribution in [-0.4, -0.2) is 17.7 Å². The fourth-order valence-electron chi connectivity index (χ4n) is 2.82. The van der Waals surface area contributed by atoms with Gasteiger partial charge in [0.25, 0.3) is 5.91 Å². The Hall–Kier alpha value is -3.02. The largest absolute Gasteiger partial charge is 0.271 e. The Bertz CT molecular complexity index is 828. The van der Waals surface area contributed by atoms with Gasteiger partial charge in [0.2, 0.25) is 0 Å². The van der Waals surface area contributed by atoms with Gasteiger partial charge in [0.1, 0.15) is 6.04 Å². The highest BCUT2D eigenvalue weighted by atomic mass is 16.2. The Morgan fingerprint density at radius 3 is 2.48 bits per heavy atom. The first-order valence-electron chi connectivity index (χ1n) is 9.02. The van der Waals surface area contributed by atoms with Gasteiger partial charge in [0.05, 0.1) is 5.71 Å². The van der Waals surface area contributed by atoms with E-state index >= 15 is 0 Å². The summed E-state index contributed by atoms with van der Waals surface area (Å²) in [5.74, 6) is -0.145. The molecule has 1 heterocycles. The molecular weight excluding hydrogens is 336 g/mol. The third-order valence-corrected chi connectivity index (χ3v) is 4.30. The molecular formula is C22H24N4O. The summed E-state index contributed by atoms with van der Waals surface area (Å²) >= 11 is 0. The molecule has 1 aliphatic rings. The maximum atomic E-state index is 12.3. The standard InChI is InChI=1S/C22H24N4O/c1-17(10-8-9-13-18-11-4-2-5-12-18)23-26-22(27)21-16-20(24-25-21)19-14-6-3-7-15-19/h2-15,20-21,24-25H,16H2,1H3,(H,26,27)/b10-8+,13-9+,23-17+. The third kappa shape index (κ3) is 5.74. The van der Waals surface area contributed by atoms with Crippen molar-refractivity contribution in [3.8, 4) is 0 Å². The van der Waals surface area contributed by atoms with Crippen molar-refractivity contribution in [1.29, 1.82) is 0 Å². The summed E-state index contributed by atoms with van der Waals surface area (Å²) in [7, 11) is 0. The molecule has 0 spiro atoms. The second-order valence-corrected chi connectivity index (χ2v) is 6.40. The Kier molecular flexibility index (Phi) is 6.68. The minimum absolute atomic E-state index is 0.120. The topological polar surface area (TPSA) is 65.5 Å². The summed E-state index contributed by atoms with van der Waals surface area (Å²) in [6.45, 7) is 1.85. The highest BCUT2D eigenvalue weighted by Crippen LogP contribution is 2.21. The molecule has 5 heteroatoms. The van der Waals surface area contributed by atoms with Crippen LogP contribution in [0.15, 0.2) is 84.0 Å². The van der Waals surface area contributed by atoms with Crippen LogP contribution in [-0.2, 0) is 4.79 Å². The molecule has 3 N–H and O–H groups in total. The number of hydrogen-bond donors (Lipinski definition) is 3. The Morgan fingerprint density at radius 2 is 1.74 bits per heavy atom. The van der Waals surface area contributed by atoms with Crippen molar-refractivity contribution in [3.63, 3.8) is 0 Å². The first-order chi connectivity index (χ1) is 13.2. The van der Waals surface area contributed by atoms with Gasteiger partial charge in [-0.15, -0.1) is 0 Å². The number of hydrazine groups is 1. The van der Waals surface area contributed by atoms with Crippen LogP contribution in [0.4, 0.5) is 0 Å². The van der Waals surface area contributed by atoms with Gasteiger partial charge in [-0.2, -0.15) is 5.10 Å². The van der Waals surface area contributed by atoms with Crippen LogP contribution in [0, 0.1) is 0 Å². The summed E-state index contributed by atoms with van der Waals surface area (Å²) in [5, 5.41) is 4.14. The lowest BCUT2D eigenvalue weighted by Gasteiger charge is -2.08. The van der Waals surface area contributed by atoms with E-state index in [4.69, 9.17) is 0 Å². The third-order valence-electron chi connectivity index (χ3n) is 4.30. The number of nitrogens with one attached hydrogen (secondary N) is 3. The van der Waals surface area contributed by atoms with Crippen LogP contribution in [0.5, 0.6) is 0 Å². The van der Waals surface area contributed by atoms with Gasteiger partial charge in [-0.25, -0.2) is 16.3 Å². The number of benzene rings is 2. The van der Waals surface area contributed by atoms with Crippen LogP contribution >= 0.6 is 0 Å². The number of rotatable bonds is 6. The number of amides is 1. The minimum Gasteiger partial charge on any atom is -0.271 e. The molecule has 0 radical (unpaired) electrons. The van der Waals surface area contributed by atoms with Crippen molar-refractivity contribution >= 4 is 17.7 Å². The zero-order valence-electron chi connectivity index (χ0n) is 15.3. The summed E-state index contributed by atoms with van der Waals surface area (Å²) < 4.78 is 0. The van der Waals surface area contributed by atoms with E-state index < -0.39 is 0 Å². The number of hydrogen-bond acceptors (Lipinski definition) is 4. The van der Waals surface area contributed by atoms with Crippen LogP contribution in [0.1, 0.15) is 30.5 Å². The van der Waals surface area contributed by atoms with Gasteiger partial charge >= 0.3 is 0 Å². The quantitative estimate of drug-likeness (QED) is 0.420. The monoisotopic (exact) mass is 360 g/mol. The zero-order valence-corrected chi connectivity index (χ0v) is 15.3. The number of carbonyl (C=O) groups excluding carboxylic acids is 1. The van der Waals surface area contributed by atoms with Crippen LogP contribution in [0.25, 0.3) is 6.08 Å². The summed E-state index contributed by atoms with van der Waals surface area (Å²) in [6.07, 6.45) is 8.40. The molecule has 5 nitrogen and oxygen atoms in total. The van der Waals surface area contributed by atoms with E-state index in [0.717, 1.165) is 16.8 Å². The van der Waals surface area contributed by atoms with E-state index in [2.05, 4.69) is 33.5 Å². The van der Waals surface area contributed by atoms with Crippen LogP contribution < -0.4 is 16.3 Å². The first kappa shape index (κ1) is 18.8. The molecule has 1 amide bonds. The lowest BCUT2D eigenvalue weighted by atomic mass is 10.0. The number of carbonyl (C=O) groups is 1. The highest BCUT2D eigenvalue weighted by molar-refractivity contribution is 5.94. The maximum Gasteiger partial charge on any atom is 0.258 e. The lowest BCUT2D eigenvalue weighted by Crippen LogP contribution is -2.41. The molecule has 1 saturated heterocycles. The van der Waals surface area contributed by atoms with Crippen molar-refractivity contribution < 1.29 is 4.79 Å². The predicted octanol–water partition coefficient (Wildman–Crippen LogP) is 3.36. The van der Waals surface area contributed by atoms with E-state index in [1.165, 1.54) is 0 Å². The number of nitrogens with zero attached hydrogens (tertiary/aromatic N) is 1. The van der Waals surface area contributed by atoms with Crippen molar-refractivity contribution in [2.75, 3.05) is 0 Å². The van der Waals surface area contributed by atoms with Crippen LogP contribution in [0.3, 0.4) is 0 Å². The fraction of sp³-hybridized carbons (Fsp3) is 0.182. The minimum atomic E-state index is -0.311. The van der Waals surface area contributed by atoms with E-state index in [1.807, 2.05) is 79.8 Å². The zero-order chi connectivity index (χ0) is 18.9. The molecule has 0 aliphatic carbocycles. The predicted molar refractivity (Wildman–Crippen MR) is 110 cm³/mol. The van der Waals surface area contributed by atoms with Gasteiger partial charge in [-0.3, -0.25) is 4.79 Å². The van der Waals surface area contributed by atoms with Gasteiger partial charge in [0.15, 0.2) is 0 Å². The Balaban J connectivity index is 1.46. The van der Waals surface area contributed by atoms with Gasteiger partial charge in [-0.1, -0.05) is 78.9 Å². The van der Waals surface area contributed by atoms with E-state index in [0.29, 0.717) is 6.42 Å². The van der Waals surface area contributed by atoms with Crippen molar-refractivity contribution in [3.05, 3.63) is 90.0 Å². The van der Waals surface area contributed by atoms with Crippen molar-refractivity contribution in [2.45, 2.75) is 25.4 Å². The molecule has 0 bridgehead atoms. The molecule has 2 unspecified atom stereocenters. The lowest BCUT2D eigenvalue weighted by molar-refractivity contribution is -0.122. The van der Waals surface area contributed by atoms with Crippen molar-refractivity contribution in [2.24, 2.45) is 5.10 Å². The maximum absolute atomic E-state index is 12.3. The Labute approximate surface area is 159 Å². The summed E-state index contributed by atoms with van der Waals surface area (Å²) in [6, 6.07) is 20.0. The summed E-state index contributed by atoms with van der Waals surface area (Å²) in [4.78, 5) is 12.3. The molecule has 1 fully saturated rings. The van der Waals surface area contributed by atoms with E-state index in [-0.39, 0.29) is 18.0 Å². The smallest absolute Gasteiger partial charge is 0.258 e. The molecule has 0 aromatic heterocycles. The average Bonchev–Trinajstić information content (AvgIpc) is 3.21. The molecule has 1 aliphatic heterocycles. The average molecular weight is 360 g/mol. The van der Waals surface area contributed by atoms with Gasteiger partial charge < -0.3 is 0 Å². The Morgan fingerprint density at radius 1 is 1.04 bits per heavy atom. The SMILES string of the molecule is CC(/C=C/C=C/c1ccccc1)=N\NC(=O)C1CC(c2ccccc2)NN1. The molecule has 3 rings (SSSR count). The molecule has 2 aromatic carbocycles. The number of allylic oxidation sites excluding steroid dienone is 3. The molecule has 138 valence electrons. The fourth-order valence-corrected chi connectivity index (χ4v) is 2.82. The van der Waals surface area contributed by atoms with Gasteiger partial charge in [0, 0.05) is 6.04 Å². The second-order valence-electron chi connectivity index (χ2n) is 6.40. The molecule has 0 saturated carbocycles. The number of hydrazone groups is 1. The second kappa shape index (κ2) is 9.62. The first-order valence-corrected chi connectivity index (χ1v) is 9.02. The normalized spacial score (nSPS) is 20.4. The molecule has 2 aromatic rings. The van der Waals surface area contributed by atoms with E-state index in [9.17, 15) is 4.79 Å². The van der Waals surface area contributed by atoms with Crippen LogP contribution in [0.2, 0.25) is 0 Å². The molecule has 2 atom stereocenters. The summed E-state index contributed by atoms with van der Waals surface area (Å²) in [5.41, 5.74) is 11.9.